The second-order valence-corrected chi connectivity index (χ2v) is 8.71. The average molecular weight is 281 g/mol. The molecule has 0 aromatic heterocycles. The van der Waals surface area contributed by atoms with Crippen molar-refractivity contribution >= 4 is 9.84 Å². The third-order valence-electron chi connectivity index (χ3n) is 2.83. The summed E-state index contributed by atoms with van der Waals surface area (Å²) < 4.78 is 28.0. The van der Waals surface area contributed by atoms with Gasteiger partial charge in [0.1, 0.15) is 0 Å². The fourth-order valence-electron chi connectivity index (χ4n) is 1.28. The molecule has 0 spiro atoms. The highest BCUT2D eigenvalue weighted by molar-refractivity contribution is 7.92. The van der Waals surface area contributed by atoms with Crippen molar-refractivity contribution in [1.29, 1.82) is 0 Å². The van der Waals surface area contributed by atoms with E-state index in [1.807, 2.05) is 0 Å². The van der Waals surface area contributed by atoms with Gasteiger partial charge in [-0.15, -0.1) is 0 Å². The third-order valence-corrected chi connectivity index (χ3v) is 5.44. The summed E-state index contributed by atoms with van der Waals surface area (Å²) >= 11 is 0. The fraction of sp³-hybridized carbons (Fsp3) is 1.00. The molecule has 0 aliphatic rings. The zero-order valence-corrected chi connectivity index (χ0v) is 12.9. The Bertz CT molecular complexity index is 330. The SMILES string of the molecule is COCCNCC(C)(O)CCS(=O)(=O)C(C)(C)C. The van der Waals surface area contributed by atoms with Crippen LogP contribution in [0.2, 0.25) is 0 Å². The Morgan fingerprint density at radius 2 is 1.78 bits per heavy atom. The standard InChI is InChI=1S/C12H27NO4S/c1-11(2,3)18(15,16)9-6-12(4,14)10-13-7-8-17-5/h13-14H,6-10H2,1-5H3. The number of hydrogen-bond donors (Lipinski definition) is 2. The Labute approximate surface area is 111 Å². The average Bonchev–Trinajstić information content (AvgIpc) is 2.21. The molecule has 1 atom stereocenters. The number of sulfone groups is 1. The number of aliphatic hydroxyl groups is 1. The van der Waals surface area contributed by atoms with Gasteiger partial charge in [-0.1, -0.05) is 0 Å². The molecule has 18 heavy (non-hydrogen) atoms. The molecular weight excluding hydrogens is 254 g/mol. The first-order valence-corrected chi connectivity index (χ1v) is 7.81. The molecule has 0 amide bonds. The lowest BCUT2D eigenvalue weighted by Gasteiger charge is -2.26. The minimum absolute atomic E-state index is 0.00451. The van der Waals surface area contributed by atoms with E-state index in [0.717, 1.165) is 0 Å². The van der Waals surface area contributed by atoms with Crippen molar-refractivity contribution < 1.29 is 18.3 Å². The quantitative estimate of drug-likeness (QED) is 0.636. The molecule has 2 N–H and O–H groups in total. The molecule has 0 radical (unpaired) electrons. The van der Waals surface area contributed by atoms with Gasteiger partial charge < -0.3 is 15.2 Å². The minimum atomic E-state index is -3.18. The second-order valence-electron chi connectivity index (χ2n) is 5.85. The zero-order chi connectivity index (χ0) is 14.4. The summed E-state index contributed by atoms with van der Waals surface area (Å²) in [5.74, 6) is -0.00451. The van der Waals surface area contributed by atoms with Crippen LogP contribution < -0.4 is 5.32 Å². The number of methoxy groups -OCH3 is 1. The van der Waals surface area contributed by atoms with Crippen molar-refractivity contribution in [3.8, 4) is 0 Å². The van der Waals surface area contributed by atoms with Gasteiger partial charge in [-0.3, -0.25) is 0 Å². The van der Waals surface area contributed by atoms with E-state index >= 15 is 0 Å². The molecule has 0 aromatic carbocycles. The van der Waals surface area contributed by atoms with E-state index in [4.69, 9.17) is 4.74 Å². The molecular formula is C12H27NO4S. The molecule has 0 saturated carbocycles. The van der Waals surface area contributed by atoms with Crippen LogP contribution in [0.5, 0.6) is 0 Å². The van der Waals surface area contributed by atoms with E-state index in [9.17, 15) is 13.5 Å². The van der Waals surface area contributed by atoms with E-state index in [1.165, 1.54) is 0 Å². The molecule has 5 nitrogen and oxygen atoms in total. The fourth-order valence-corrected chi connectivity index (χ4v) is 2.60. The normalized spacial score (nSPS) is 16.6. The Kier molecular flexibility index (Phi) is 6.78. The van der Waals surface area contributed by atoms with Gasteiger partial charge in [0, 0.05) is 20.2 Å². The van der Waals surface area contributed by atoms with E-state index < -0.39 is 20.2 Å². The summed E-state index contributed by atoms with van der Waals surface area (Å²) in [7, 11) is -1.57. The van der Waals surface area contributed by atoms with Crippen molar-refractivity contribution in [2.24, 2.45) is 0 Å². The number of rotatable bonds is 8. The second kappa shape index (κ2) is 6.84. The summed E-state index contributed by atoms with van der Waals surface area (Å²) in [5.41, 5.74) is -1.02. The van der Waals surface area contributed by atoms with Gasteiger partial charge in [0.25, 0.3) is 0 Å². The molecule has 0 fully saturated rings. The van der Waals surface area contributed by atoms with Crippen molar-refractivity contribution in [2.45, 2.75) is 44.5 Å². The maximum atomic E-state index is 11.9. The first-order chi connectivity index (χ1) is 8.02. The lowest BCUT2D eigenvalue weighted by molar-refractivity contribution is 0.0546. The first-order valence-electron chi connectivity index (χ1n) is 6.16. The Morgan fingerprint density at radius 3 is 2.22 bits per heavy atom. The number of hydrogen-bond acceptors (Lipinski definition) is 5. The summed E-state index contributed by atoms with van der Waals surface area (Å²) in [4.78, 5) is 0. The van der Waals surface area contributed by atoms with Gasteiger partial charge in [-0.2, -0.15) is 0 Å². The lowest BCUT2D eigenvalue weighted by Crippen LogP contribution is -2.42. The number of ether oxygens (including phenoxy) is 1. The molecule has 0 bridgehead atoms. The topological polar surface area (TPSA) is 75.6 Å². The Balaban J connectivity index is 4.19. The van der Waals surface area contributed by atoms with E-state index in [2.05, 4.69) is 5.32 Å². The van der Waals surface area contributed by atoms with Crippen LogP contribution in [0.1, 0.15) is 34.1 Å². The highest BCUT2D eigenvalue weighted by atomic mass is 32.2. The molecule has 0 aromatic rings. The molecule has 0 saturated heterocycles. The van der Waals surface area contributed by atoms with Gasteiger partial charge >= 0.3 is 0 Å². The predicted octanol–water partition coefficient (Wildman–Crippen LogP) is 0.577. The minimum Gasteiger partial charge on any atom is -0.389 e. The molecule has 0 aliphatic carbocycles. The monoisotopic (exact) mass is 281 g/mol. The molecule has 110 valence electrons. The third kappa shape index (κ3) is 6.68. The van der Waals surface area contributed by atoms with E-state index in [-0.39, 0.29) is 12.2 Å². The van der Waals surface area contributed by atoms with Crippen LogP contribution in [-0.4, -0.2) is 56.4 Å². The van der Waals surface area contributed by atoms with Crippen LogP contribution in [0.25, 0.3) is 0 Å². The van der Waals surface area contributed by atoms with Gasteiger partial charge in [0.15, 0.2) is 9.84 Å². The van der Waals surface area contributed by atoms with E-state index in [1.54, 1.807) is 34.8 Å². The van der Waals surface area contributed by atoms with Gasteiger partial charge in [0.2, 0.25) is 0 Å². The summed E-state index contributed by atoms with van der Waals surface area (Å²) in [6, 6.07) is 0. The Hall–Kier alpha value is -0.170. The van der Waals surface area contributed by atoms with Crippen molar-refractivity contribution in [3.63, 3.8) is 0 Å². The first kappa shape index (κ1) is 17.8. The Morgan fingerprint density at radius 1 is 1.22 bits per heavy atom. The van der Waals surface area contributed by atoms with Crippen molar-refractivity contribution in [1.82, 2.24) is 5.32 Å². The molecule has 6 heteroatoms. The van der Waals surface area contributed by atoms with Gasteiger partial charge in [-0.05, 0) is 34.1 Å². The van der Waals surface area contributed by atoms with E-state index in [0.29, 0.717) is 19.7 Å². The lowest BCUT2D eigenvalue weighted by atomic mass is 10.0. The van der Waals surface area contributed by atoms with Crippen LogP contribution in [0.15, 0.2) is 0 Å². The molecule has 0 heterocycles. The molecule has 1 unspecified atom stereocenters. The van der Waals surface area contributed by atoms with Crippen LogP contribution >= 0.6 is 0 Å². The van der Waals surface area contributed by atoms with Crippen LogP contribution in [0.4, 0.5) is 0 Å². The summed E-state index contributed by atoms with van der Waals surface area (Å²) in [6.07, 6.45) is 0.229. The highest BCUT2D eigenvalue weighted by Gasteiger charge is 2.31. The molecule has 0 rings (SSSR count). The van der Waals surface area contributed by atoms with Crippen LogP contribution in [0, 0.1) is 0 Å². The maximum Gasteiger partial charge on any atom is 0.155 e. The smallest absolute Gasteiger partial charge is 0.155 e. The number of nitrogens with one attached hydrogen (secondary N) is 1. The predicted molar refractivity (Wildman–Crippen MR) is 73.5 cm³/mol. The largest absolute Gasteiger partial charge is 0.389 e. The van der Waals surface area contributed by atoms with Crippen molar-refractivity contribution in [3.05, 3.63) is 0 Å². The maximum absolute atomic E-state index is 11.9. The highest BCUT2D eigenvalue weighted by Crippen LogP contribution is 2.19. The summed E-state index contributed by atoms with van der Waals surface area (Å²) in [5, 5.41) is 13.1. The van der Waals surface area contributed by atoms with Crippen LogP contribution in [0.3, 0.4) is 0 Å². The van der Waals surface area contributed by atoms with Crippen molar-refractivity contribution in [2.75, 3.05) is 32.6 Å². The van der Waals surface area contributed by atoms with Gasteiger partial charge in [-0.25, -0.2) is 8.42 Å². The van der Waals surface area contributed by atoms with Gasteiger partial charge in [0.05, 0.1) is 22.7 Å². The van der Waals surface area contributed by atoms with Crippen LogP contribution in [-0.2, 0) is 14.6 Å². The molecule has 0 aliphatic heterocycles. The zero-order valence-electron chi connectivity index (χ0n) is 12.1. The summed E-state index contributed by atoms with van der Waals surface area (Å²) in [6.45, 7) is 8.23.